The summed E-state index contributed by atoms with van der Waals surface area (Å²) in [6.45, 7) is 1.40. The monoisotopic (exact) mass is 537 g/mol. The molecular formula is C24H25BrClNO6. The van der Waals surface area contributed by atoms with Gasteiger partial charge >= 0.3 is 5.97 Å². The summed E-state index contributed by atoms with van der Waals surface area (Å²) in [7, 11) is 4.94. The number of fused-ring (bicyclic) bond motifs is 2. The molecule has 7 nitrogen and oxygen atoms in total. The van der Waals surface area contributed by atoms with Gasteiger partial charge < -0.3 is 40.4 Å². The smallest absolute Gasteiger partial charge is 0.361 e. The van der Waals surface area contributed by atoms with E-state index in [0.717, 1.165) is 16.7 Å². The Bertz CT molecular complexity index is 1120. The number of hydrogen-bond acceptors (Lipinski definition) is 6. The van der Waals surface area contributed by atoms with Crippen molar-refractivity contribution in [2.75, 3.05) is 41.1 Å². The van der Waals surface area contributed by atoms with Crippen molar-refractivity contribution in [2.45, 2.75) is 13.0 Å². The molecule has 0 amide bonds. The highest BCUT2D eigenvalue weighted by Gasteiger charge is 2.40. The van der Waals surface area contributed by atoms with Crippen molar-refractivity contribution in [3.8, 4) is 17.2 Å². The molecule has 0 spiro atoms. The summed E-state index contributed by atoms with van der Waals surface area (Å²) in [6.07, 6.45) is 3.78. The van der Waals surface area contributed by atoms with Gasteiger partial charge in [-0.15, -0.1) is 0 Å². The van der Waals surface area contributed by atoms with Gasteiger partial charge in [-0.05, 0) is 29.3 Å². The van der Waals surface area contributed by atoms with Crippen LogP contribution in [0.25, 0.3) is 6.08 Å². The largest absolute Gasteiger partial charge is 1.00 e. The number of methoxy groups -OCH3 is 2. The Hall–Kier alpha value is -2.55. The summed E-state index contributed by atoms with van der Waals surface area (Å²) >= 11 is 6.22. The molecule has 0 saturated heterocycles. The zero-order valence-corrected chi connectivity index (χ0v) is 21.0. The number of esters is 1. The highest BCUT2D eigenvalue weighted by Crippen LogP contribution is 2.50. The number of carbonyl (C=O) groups is 2. The molecule has 4 rings (SSSR count). The van der Waals surface area contributed by atoms with E-state index < -0.39 is 0 Å². The minimum Gasteiger partial charge on any atom is -1.00 e. The number of ketones is 1. The molecule has 0 aliphatic carbocycles. The van der Waals surface area contributed by atoms with Crippen molar-refractivity contribution in [3.63, 3.8) is 0 Å². The lowest BCUT2D eigenvalue weighted by Gasteiger charge is -2.38. The van der Waals surface area contributed by atoms with E-state index in [0.29, 0.717) is 51.8 Å². The van der Waals surface area contributed by atoms with Crippen molar-refractivity contribution in [1.29, 1.82) is 0 Å². The molecule has 9 heteroatoms. The molecule has 176 valence electrons. The highest BCUT2D eigenvalue weighted by atomic mass is 79.9. The van der Waals surface area contributed by atoms with Crippen LogP contribution >= 0.6 is 11.6 Å². The van der Waals surface area contributed by atoms with Gasteiger partial charge in [0.2, 0.25) is 12.5 Å². The molecule has 2 aromatic carbocycles. The first kappa shape index (κ1) is 25.1. The summed E-state index contributed by atoms with van der Waals surface area (Å²) in [5, 5.41) is 0.564. The van der Waals surface area contributed by atoms with Crippen LogP contribution in [-0.2, 0) is 22.5 Å². The summed E-state index contributed by atoms with van der Waals surface area (Å²) in [5.41, 5.74) is 2.94. The number of quaternary nitrogens is 1. The predicted molar refractivity (Wildman–Crippen MR) is 119 cm³/mol. The average molecular weight is 539 g/mol. The standard InChI is InChI=1S/C24H25ClNO6.BrH/c1-26(13-20(28)29-2)11-10-16-17(12-26)22(30-3)24-23(31-14-32-24)21(16)19(27)9-8-15-6-4-5-7-18(15)25;/h4-9H,10-14H2,1-3H3;1H/q+1;/p-1/b9-8+;. The Morgan fingerprint density at radius 2 is 1.88 bits per heavy atom. The third kappa shape index (κ3) is 4.88. The van der Waals surface area contributed by atoms with Gasteiger partial charge in [0.25, 0.3) is 0 Å². The molecule has 0 saturated carbocycles. The lowest BCUT2D eigenvalue weighted by Crippen LogP contribution is -3.00. The minimum absolute atomic E-state index is 0. The molecule has 0 fully saturated rings. The number of likely N-dealkylation sites (N-methyl/N-ethyl adjacent to an activating group) is 1. The summed E-state index contributed by atoms with van der Waals surface area (Å²) < 4.78 is 22.4. The van der Waals surface area contributed by atoms with Gasteiger partial charge in [-0.25, -0.2) is 4.79 Å². The number of rotatable bonds is 6. The first-order chi connectivity index (χ1) is 15.4. The molecule has 1 atom stereocenters. The van der Waals surface area contributed by atoms with Crippen molar-refractivity contribution >= 4 is 29.4 Å². The second kappa shape index (κ2) is 10.2. The molecule has 1 unspecified atom stereocenters. The van der Waals surface area contributed by atoms with E-state index >= 15 is 0 Å². The normalized spacial score (nSPS) is 18.4. The van der Waals surface area contributed by atoms with Gasteiger partial charge in [0.05, 0.1) is 38.9 Å². The van der Waals surface area contributed by atoms with Crippen LogP contribution < -0.4 is 31.2 Å². The number of ether oxygens (including phenoxy) is 4. The van der Waals surface area contributed by atoms with Crippen LogP contribution in [0.3, 0.4) is 0 Å². The summed E-state index contributed by atoms with van der Waals surface area (Å²) in [5.74, 6) is 0.892. The van der Waals surface area contributed by atoms with Crippen LogP contribution in [0.5, 0.6) is 17.2 Å². The van der Waals surface area contributed by atoms with Crippen molar-refractivity contribution in [1.82, 2.24) is 0 Å². The average Bonchev–Trinajstić information content (AvgIpc) is 3.25. The van der Waals surface area contributed by atoms with Gasteiger partial charge in [0, 0.05) is 11.4 Å². The molecule has 2 heterocycles. The molecule has 0 bridgehead atoms. The molecule has 2 aliphatic rings. The Morgan fingerprint density at radius 1 is 1.15 bits per heavy atom. The minimum atomic E-state index is -0.283. The van der Waals surface area contributed by atoms with Gasteiger partial charge in [-0.1, -0.05) is 29.8 Å². The predicted octanol–water partition coefficient (Wildman–Crippen LogP) is 0.653. The van der Waals surface area contributed by atoms with Crippen molar-refractivity contribution < 1.29 is 50.0 Å². The maximum Gasteiger partial charge on any atom is 0.361 e. The molecular weight excluding hydrogens is 514 g/mol. The fourth-order valence-electron chi connectivity index (χ4n) is 4.33. The first-order valence-electron chi connectivity index (χ1n) is 10.3. The van der Waals surface area contributed by atoms with Crippen LogP contribution in [-0.4, -0.2) is 57.4 Å². The fraction of sp³-hybridized carbons (Fsp3) is 0.333. The number of hydrogen-bond donors (Lipinski definition) is 0. The van der Waals surface area contributed by atoms with E-state index in [1.165, 1.54) is 13.2 Å². The van der Waals surface area contributed by atoms with Gasteiger partial charge in [-0.2, -0.15) is 0 Å². The number of nitrogens with zero attached hydrogens (tertiary/aromatic N) is 1. The zero-order valence-electron chi connectivity index (χ0n) is 18.7. The lowest BCUT2D eigenvalue weighted by atomic mass is 9.89. The third-order valence-electron chi connectivity index (χ3n) is 5.94. The Balaban J connectivity index is 0.00000306. The maximum absolute atomic E-state index is 13.4. The van der Waals surface area contributed by atoms with Gasteiger partial charge in [-0.3, -0.25) is 4.79 Å². The summed E-state index contributed by atoms with van der Waals surface area (Å²) in [4.78, 5) is 25.3. The van der Waals surface area contributed by atoms with Crippen molar-refractivity contribution in [2.24, 2.45) is 0 Å². The molecule has 2 aliphatic heterocycles. The van der Waals surface area contributed by atoms with E-state index in [-0.39, 0.29) is 42.1 Å². The number of benzene rings is 2. The zero-order chi connectivity index (χ0) is 22.9. The lowest BCUT2D eigenvalue weighted by molar-refractivity contribution is -0.917. The van der Waals surface area contributed by atoms with E-state index in [1.54, 1.807) is 19.3 Å². The fourth-order valence-corrected chi connectivity index (χ4v) is 4.53. The molecule has 0 N–H and O–H groups in total. The quantitative estimate of drug-likeness (QED) is 0.233. The number of carbonyl (C=O) groups excluding carboxylic acids is 2. The highest BCUT2D eigenvalue weighted by molar-refractivity contribution is 6.32. The van der Waals surface area contributed by atoms with E-state index in [2.05, 4.69) is 0 Å². The van der Waals surface area contributed by atoms with Gasteiger partial charge in [0.1, 0.15) is 6.54 Å². The Labute approximate surface area is 208 Å². The van der Waals surface area contributed by atoms with Crippen LogP contribution in [0.1, 0.15) is 27.0 Å². The topological polar surface area (TPSA) is 71.1 Å². The SMILES string of the molecule is COC(=O)C[N+]1(C)CCc2c(c(OC)c3c(c2C(=O)/C=C/c2ccccc2Cl)OCO3)C1.[Br-]. The molecule has 33 heavy (non-hydrogen) atoms. The van der Waals surface area contributed by atoms with Crippen LogP contribution in [0.4, 0.5) is 0 Å². The second-order valence-electron chi connectivity index (χ2n) is 8.13. The number of halogens is 2. The van der Waals surface area contributed by atoms with E-state index in [4.69, 9.17) is 30.5 Å². The van der Waals surface area contributed by atoms with Gasteiger partial charge in [0.15, 0.2) is 23.8 Å². The third-order valence-corrected chi connectivity index (χ3v) is 6.28. The maximum atomic E-state index is 13.4. The molecule has 0 radical (unpaired) electrons. The Kier molecular flexibility index (Phi) is 7.72. The van der Waals surface area contributed by atoms with E-state index in [9.17, 15) is 9.59 Å². The van der Waals surface area contributed by atoms with Crippen molar-refractivity contribution in [3.05, 3.63) is 57.6 Å². The molecule has 0 aromatic heterocycles. The van der Waals surface area contributed by atoms with Crippen LogP contribution in [0.15, 0.2) is 30.3 Å². The molecule has 2 aromatic rings. The second-order valence-corrected chi connectivity index (χ2v) is 8.54. The van der Waals surface area contributed by atoms with Crippen LogP contribution in [0, 0.1) is 0 Å². The summed E-state index contributed by atoms with van der Waals surface area (Å²) in [6, 6.07) is 7.31. The first-order valence-corrected chi connectivity index (χ1v) is 10.6. The Morgan fingerprint density at radius 3 is 2.58 bits per heavy atom. The van der Waals surface area contributed by atoms with Crippen LogP contribution in [0.2, 0.25) is 5.02 Å². The number of allylic oxidation sites excluding steroid dienone is 1. The van der Waals surface area contributed by atoms with E-state index in [1.807, 2.05) is 25.2 Å².